The highest BCUT2D eigenvalue weighted by molar-refractivity contribution is 7.16. The number of nitrogens with two attached hydrogens (primary N) is 1. The lowest BCUT2D eigenvalue weighted by Crippen LogP contribution is -2.35. The molecule has 0 fully saturated rings. The predicted molar refractivity (Wildman–Crippen MR) is 47.3 cm³/mol. The molecule has 1 heterocycles. The summed E-state index contributed by atoms with van der Waals surface area (Å²) in [5.74, 6) is -0.846. The molecule has 1 aromatic rings. The summed E-state index contributed by atoms with van der Waals surface area (Å²) in [7, 11) is 1.04. The van der Waals surface area contributed by atoms with Crippen molar-refractivity contribution >= 4 is 22.4 Å². The highest BCUT2D eigenvalue weighted by Crippen LogP contribution is 2.18. The molecule has 0 bridgehead atoms. The zero-order valence-corrected chi connectivity index (χ0v) is 8.39. The molecule has 9 heteroatoms. The summed E-state index contributed by atoms with van der Waals surface area (Å²) in [4.78, 5) is 11.8. The monoisotopic (exact) mass is 240 g/mol. The van der Waals surface area contributed by atoms with Gasteiger partial charge in [-0.3, -0.25) is 4.79 Å². The van der Waals surface area contributed by atoms with E-state index < -0.39 is 18.6 Å². The molecular weight excluding hydrogens is 233 g/mol. The van der Waals surface area contributed by atoms with Gasteiger partial charge in [0, 0.05) is 7.05 Å². The summed E-state index contributed by atoms with van der Waals surface area (Å²) in [5, 5.41) is 6.57. The summed E-state index contributed by atoms with van der Waals surface area (Å²) in [6.45, 7) is -1.33. The SMILES string of the molecule is CN(CC(F)(F)F)C(=O)c1nnc(N)s1. The zero-order chi connectivity index (χ0) is 11.6. The van der Waals surface area contributed by atoms with Crippen molar-refractivity contribution in [3.63, 3.8) is 0 Å². The van der Waals surface area contributed by atoms with E-state index in [1.165, 1.54) is 0 Å². The van der Waals surface area contributed by atoms with E-state index in [0.29, 0.717) is 4.90 Å². The molecule has 15 heavy (non-hydrogen) atoms. The number of carbonyl (C=O) groups excluding carboxylic acids is 1. The van der Waals surface area contributed by atoms with Gasteiger partial charge in [0.1, 0.15) is 6.54 Å². The summed E-state index contributed by atoms with van der Waals surface area (Å²) >= 11 is 0.747. The number of nitrogen functional groups attached to an aromatic ring is 1. The van der Waals surface area contributed by atoms with E-state index in [-0.39, 0.29) is 10.1 Å². The number of hydrogen-bond acceptors (Lipinski definition) is 5. The first kappa shape index (κ1) is 11.7. The van der Waals surface area contributed by atoms with E-state index in [0.717, 1.165) is 18.4 Å². The van der Waals surface area contributed by atoms with Crippen LogP contribution in [0.2, 0.25) is 0 Å². The molecule has 0 aliphatic heterocycles. The van der Waals surface area contributed by atoms with Gasteiger partial charge in [0.05, 0.1) is 0 Å². The van der Waals surface area contributed by atoms with Crippen LogP contribution in [-0.2, 0) is 0 Å². The first-order valence-corrected chi connectivity index (χ1v) is 4.52. The van der Waals surface area contributed by atoms with Crippen LogP contribution in [0.4, 0.5) is 18.3 Å². The van der Waals surface area contributed by atoms with Gasteiger partial charge < -0.3 is 10.6 Å². The number of amides is 1. The van der Waals surface area contributed by atoms with Gasteiger partial charge in [-0.05, 0) is 0 Å². The van der Waals surface area contributed by atoms with Gasteiger partial charge in [0.2, 0.25) is 10.1 Å². The number of rotatable bonds is 2. The Balaban J connectivity index is 2.69. The van der Waals surface area contributed by atoms with Crippen molar-refractivity contribution in [3.05, 3.63) is 5.01 Å². The van der Waals surface area contributed by atoms with Gasteiger partial charge in [0.25, 0.3) is 5.91 Å². The summed E-state index contributed by atoms with van der Waals surface area (Å²) in [5.41, 5.74) is 5.20. The smallest absolute Gasteiger partial charge is 0.374 e. The molecule has 2 N–H and O–H groups in total. The molecule has 0 unspecified atom stereocenters. The van der Waals surface area contributed by atoms with Crippen molar-refractivity contribution in [1.82, 2.24) is 15.1 Å². The number of alkyl halides is 3. The standard InChI is InChI=1S/C6H7F3N4OS/c1-13(2-6(7,8)9)4(14)3-11-12-5(10)15-3/h2H2,1H3,(H2,10,12). The molecule has 0 saturated carbocycles. The lowest BCUT2D eigenvalue weighted by molar-refractivity contribution is -0.138. The van der Waals surface area contributed by atoms with Crippen LogP contribution < -0.4 is 5.73 Å². The Morgan fingerprint density at radius 1 is 1.53 bits per heavy atom. The van der Waals surface area contributed by atoms with Crippen LogP contribution in [0, 0.1) is 0 Å². The highest BCUT2D eigenvalue weighted by atomic mass is 32.1. The number of aromatic nitrogens is 2. The van der Waals surface area contributed by atoms with Crippen LogP contribution in [0.1, 0.15) is 9.80 Å². The second-order valence-corrected chi connectivity index (χ2v) is 3.73. The maximum atomic E-state index is 11.9. The molecule has 0 aliphatic carbocycles. The summed E-state index contributed by atoms with van der Waals surface area (Å²) in [6, 6.07) is 0. The molecule has 0 radical (unpaired) electrons. The first-order valence-electron chi connectivity index (χ1n) is 3.71. The fourth-order valence-corrected chi connectivity index (χ4v) is 1.43. The third kappa shape index (κ3) is 3.35. The normalized spacial score (nSPS) is 11.5. The molecule has 1 aromatic heterocycles. The van der Waals surface area contributed by atoms with Gasteiger partial charge >= 0.3 is 6.18 Å². The second-order valence-electron chi connectivity index (χ2n) is 2.72. The molecule has 0 aromatic carbocycles. The van der Waals surface area contributed by atoms with Gasteiger partial charge in [-0.15, -0.1) is 10.2 Å². The van der Waals surface area contributed by atoms with Crippen LogP contribution in [0.25, 0.3) is 0 Å². The molecule has 1 amide bonds. The Bertz CT molecular complexity index is 364. The summed E-state index contributed by atoms with van der Waals surface area (Å²) < 4.78 is 35.8. The van der Waals surface area contributed by atoms with Crippen molar-refractivity contribution in [2.24, 2.45) is 0 Å². The lowest BCUT2D eigenvalue weighted by atomic mass is 10.5. The number of hydrogen-bond donors (Lipinski definition) is 1. The van der Waals surface area contributed by atoms with E-state index in [1.54, 1.807) is 0 Å². The predicted octanol–water partition coefficient (Wildman–Crippen LogP) is 0.755. The van der Waals surface area contributed by atoms with Crippen LogP contribution in [0.5, 0.6) is 0 Å². The van der Waals surface area contributed by atoms with Crippen LogP contribution >= 0.6 is 11.3 Å². The third-order valence-corrected chi connectivity index (χ3v) is 2.13. The number of halogens is 3. The fourth-order valence-electron chi connectivity index (χ4n) is 0.825. The lowest BCUT2D eigenvalue weighted by Gasteiger charge is -2.16. The second kappa shape index (κ2) is 4.01. The minimum Gasteiger partial charge on any atom is -0.374 e. The van der Waals surface area contributed by atoms with Crippen LogP contribution in [-0.4, -0.2) is 40.8 Å². The quantitative estimate of drug-likeness (QED) is 0.828. The maximum absolute atomic E-state index is 11.9. The van der Waals surface area contributed by atoms with E-state index in [2.05, 4.69) is 10.2 Å². The third-order valence-electron chi connectivity index (χ3n) is 1.39. The molecule has 0 atom stereocenters. The van der Waals surface area contributed by atoms with Crippen molar-refractivity contribution < 1.29 is 18.0 Å². The number of nitrogens with zero attached hydrogens (tertiary/aromatic N) is 3. The van der Waals surface area contributed by atoms with Crippen LogP contribution in [0.3, 0.4) is 0 Å². The molecule has 84 valence electrons. The molecule has 0 saturated heterocycles. The zero-order valence-electron chi connectivity index (χ0n) is 7.58. The Morgan fingerprint density at radius 3 is 2.53 bits per heavy atom. The molecular formula is C6H7F3N4OS. The topological polar surface area (TPSA) is 72.1 Å². The van der Waals surface area contributed by atoms with Gasteiger partial charge in [0.15, 0.2) is 0 Å². The molecule has 0 spiro atoms. The van der Waals surface area contributed by atoms with Gasteiger partial charge in [-0.25, -0.2) is 0 Å². The van der Waals surface area contributed by atoms with Gasteiger partial charge in [-0.1, -0.05) is 11.3 Å². The molecule has 5 nitrogen and oxygen atoms in total. The number of anilines is 1. The largest absolute Gasteiger partial charge is 0.406 e. The Kier molecular flexibility index (Phi) is 3.12. The Morgan fingerprint density at radius 2 is 2.13 bits per heavy atom. The van der Waals surface area contributed by atoms with E-state index in [4.69, 9.17) is 5.73 Å². The van der Waals surface area contributed by atoms with E-state index >= 15 is 0 Å². The number of carbonyl (C=O) groups is 1. The highest BCUT2D eigenvalue weighted by Gasteiger charge is 2.32. The summed E-state index contributed by atoms with van der Waals surface area (Å²) in [6.07, 6.45) is -4.43. The van der Waals surface area contributed by atoms with Crippen molar-refractivity contribution in [1.29, 1.82) is 0 Å². The van der Waals surface area contributed by atoms with Crippen molar-refractivity contribution in [2.45, 2.75) is 6.18 Å². The van der Waals surface area contributed by atoms with Crippen molar-refractivity contribution in [2.75, 3.05) is 19.3 Å². The Hall–Kier alpha value is -1.38. The van der Waals surface area contributed by atoms with E-state index in [9.17, 15) is 18.0 Å². The van der Waals surface area contributed by atoms with Crippen LogP contribution in [0.15, 0.2) is 0 Å². The molecule has 0 aliphatic rings. The Labute approximate surface area is 86.7 Å². The first-order chi connectivity index (χ1) is 6.79. The average Bonchev–Trinajstić information content (AvgIpc) is 2.47. The maximum Gasteiger partial charge on any atom is 0.406 e. The minimum atomic E-state index is -4.43. The average molecular weight is 240 g/mol. The van der Waals surface area contributed by atoms with Crippen molar-refractivity contribution in [3.8, 4) is 0 Å². The van der Waals surface area contributed by atoms with E-state index in [1.807, 2.05) is 0 Å². The fraction of sp³-hybridized carbons (Fsp3) is 0.500. The molecule has 1 rings (SSSR count). The van der Waals surface area contributed by atoms with Gasteiger partial charge in [-0.2, -0.15) is 13.2 Å². The minimum absolute atomic E-state index is 0.0405.